The molecule has 190 valence electrons. The summed E-state index contributed by atoms with van der Waals surface area (Å²) in [4.78, 5) is 11.9. The fourth-order valence-electron chi connectivity index (χ4n) is 6.73. The largest absolute Gasteiger partial charge is 0.431 e. The van der Waals surface area contributed by atoms with Crippen LogP contribution in [0.2, 0.25) is 0 Å². The van der Waals surface area contributed by atoms with Gasteiger partial charge in [-0.1, -0.05) is 38.0 Å². The van der Waals surface area contributed by atoms with Crippen LogP contribution in [0.1, 0.15) is 59.8 Å². The molecule has 8 heteroatoms. The number of rotatable bonds is 5. The number of esters is 1. The average molecular weight is 479 g/mol. The van der Waals surface area contributed by atoms with Crippen LogP contribution in [0, 0.1) is 16.7 Å². The maximum atomic E-state index is 11.9. The topological polar surface area (TPSA) is 126 Å². The first-order valence-corrected chi connectivity index (χ1v) is 12.2. The molecule has 2 fully saturated rings. The first kappa shape index (κ1) is 25.5. The predicted octanol–water partition coefficient (Wildman–Crippen LogP) is 2.11. The van der Waals surface area contributed by atoms with Gasteiger partial charge in [-0.2, -0.15) is 0 Å². The van der Waals surface area contributed by atoms with E-state index in [4.69, 9.17) is 14.2 Å². The van der Waals surface area contributed by atoms with Gasteiger partial charge in [0, 0.05) is 0 Å². The summed E-state index contributed by atoms with van der Waals surface area (Å²) in [5.41, 5.74) is 2.99. The second kappa shape index (κ2) is 9.48. The van der Waals surface area contributed by atoms with Gasteiger partial charge >= 0.3 is 5.97 Å². The Kier molecular flexibility index (Phi) is 7.12. The Morgan fingerprint density at radius 3 is 2.53 bits per heavy atom. The lowest BCUT2D eigenvalue weighted by molar-refractivity contribution is -0.325. The number of hydrogen-bond donors (Lipinski definition) is 4. The van der Waals surface area contributed by atoms with E-state index in [1.807, 2.05) is 6.08 Å². The van der Waals surface area contributed by atoms with Crippen LogP contribution >= 0.6 is 0 Å². The molecule has 2 heterocycles. The maximum Gasteiger partial charge on any atom is 0.342 e. The molecule has 4 rings (SSSR count). The quantitative estimate of drug-likeness (QED) is 0.269. The van der Waals surface area contributed by atoms with Crippen LogP contribution in [-0.4, -0.2) is 69.8 Å². The number of aliphatic hydroxyl groups is 4. The molecular weight excluding hydrogens is 440 g/mol. The fraction of sp³-hybridized carbons (Fsp3) is 0.731. The Balaban J connectivity index is 1.53. The van der Waals surface area contributed by atoms with Gasteiger partial charge in [-0.05, 0) is 61.9 Å². The van der Waals surface area contributed by atoms with E-state index in [0.29, 0.717) is 17.9 Å². The molecule has 1 saturated carbocycles. The third kappa shape index (κ3) is 4.29. The molecule has 0 aromatic rings. The number of hydrogen-bond acceptors (Lipinski definition) is 8. The molecular formula is C26H38O8. The van der Waals surface area contributed by atoms with E-state index in [9.17, 15) is 25.2 Å². The van der Waals surface area contributed by atoms with Crippen LogP contribution < -0.4 is 0 Å². The number of fused-ring (bicyclic) bond motifs is 1. The zero-order valence-corrected chi connectivity index (χ0v) is 20.4. The number of carbonyl (C=O) groups is 1. The number of allylic oxidation sites excluding steroid dienone is 3. The third-order valence-electron chi connectivity index (χ3n) is 8.77. The van der Waals surface area contributed by atoms with Crippen molar-refractivity contribution in [3.8, 4) is 0 Å². The maximum absolute atomic E-state index is 11.9. The fourth-order valence-corrected chi connectivity index (χ4v) is 6.73. The van der Waals surface area contributed by atoms with Crippen molar-refractivity contribution in [1.29, 1.82) is 0 Å². The summed E-state index contributed by atoms with van der Waals surface area (Å²) >= 11 is 0. The molecule has 1 saturated heterocycles. The van der Waals surface area contributed by atoms with E-state index >= 15 is 0 Å². The molecule has 0 amide bonds. The van der Waals surface area contributed by atoms with Gasteiger partial charge in [-0.15, -0.1) is 0 Å². The van der Waals surface area contributed by atoms with Gasteiger partial charge < -0.3 is 34.6 Å². The molecule has 8 atom stereocenters. The number of aliphatic hydroxyl groups excluding tert-OH is 4. The van der Waals surface area contributed by atoms with Crippen molar-refractivity contribution in [2.45, 2.75) is 96.6 Å². The summed E-state index contributed by atoms with van der Waals surface area (Å²) in [6.07, 6.45) is 2.73. The summed E-state index contributed by atoms with van der Waals surface area (Å²) in [5.74, 6) is -0.0143. The van der Waals surface area contributed by atoms with Crippen LogP contribution in [0.15, 0.2) is 35.1 Å². The van der Waals surface area contributed by atoms with Crippen molar-refractivity contribution < 1.29 is 39.4 Å². The van der Waals surface area contributed by atoms with Crippen LogP contribution in [0.3, 0.4) is 0 Å². The van der Waals surface area contributed by atoms with Gasteiger partial charge in [0.2, 0.25) is 0 Å². The molecule has 1 unspecified atom stereocenters. The Hall–Kier alpha value is -1.55. The Labute approximate surface area is 200 Å². The van der Waals surface area contributed by atoms with E-state index in [1.54, 1.807) is 6.08 Å². The van der Waals surface area contributed by atoms with Crippen LogP contribution in [0.4, 0.5) is 0 Å². The highest BCUT2D eigenvalue weighted by molar-refractivity contribution is 5.94. The van der Waals surface area contributed by atoms with Crippen molar-refractivity contribution in [1.82, 2.24) is 0 Å². The van der Waals surface area contributed by atoms with Crippen molar-refractivity contribution in [2.75, 3.05) is 6.61 Å². The minimum Gasteiger partial charge on any atom is -0.431 e. The molecule has 2 aliphatic heterocycles. The Morgan fingerprint density at radius 2 is 1.88 bits per heavy atom. The van der Waals surface area contributed by atoms with E-state index < -0.39 is 37.3 Å². The summed E-state index contributed by atoms with van der Waals surface area (Å²) in [6, 6.07) is 0. The Bertz CT molecular complexity index is 887. The number of carbonyl (C=O) groups excluding carboxylic acids is 1. The number of ether oxygens (including phenoxy) is 3. The van der Waals surface area contributed by atoms with Crippen molar-refractivity contribution >= 4 is 5.97 Å². The van der Waals surface area contributed by atoms with Gasteiger partial charge in [0.05, 0.1) is 24.5 Å². The van der Waals surface area contributed by atoms with Crippen LogP contribution in [0.5, 0.6) is 0 Å². The summed E-state index contributed by atoms with van der Waals surface area (Å²) in [7, 11) is 0. The molecule has 4 aliphatic rings. The van der Waals surface area contributed by atoms with E-state index in [0.717, 1.165) is 25.7 Å². The summed E-state index contributed by atoms with van der Waals surface area (Å²) < 4.78 is 16.8. The molecule has 34 heavy (non-hydrogen) atoms. The molecule has 0 aromatic carbocycles. The zero-order chi connectivity index (χ0) is 24.8. The highest BCUT2D eigenvalue weighted by Crippen LogP contribution is 2.61. The van der Waals surface area contributed by atoms with Gasteiger partial charge in [0.25, 0.3) is 0 Å². The highest BCUT2D eigenvalue weighted by atomic mass is 16.7. The summed E-state index contributed by atoms with van der Waals surface area (Å²) in [5, 5.41) is 40.2. The minimum atomic E-state index is -1.45. The monoisotopic (exact) mass is 478 g/mol. The first-order valence-electron chi connectivity index (χ1n) is 12.2. The summed E-state index contributed by atoms with van der Waals surface area (Å²) in [6.45, 7) is 8.37. The van der Waals surface area contributed by atoms with E-state index in [1.165, 1.54) is 17.4 Å². The van der Waals surface area contributed by atoms with Gasteiger partial charge in [0.15, 0.2) is 6.29 Å². The zero-order valence-electron chi connectivity index (χ0n) is 20.4. The van der Waals surface area contributed by atoms with Crippen molar-refractivity contribution in [3.05, 3.63) is 35.1 Å². The molecule has 8 nitrogen and oxygen atoms in total. The van der Waals surface area contributed by atoms with E-state index in [-0.39, 0.29) is 22.9 Å². The van der Waals surface area contributed by atoms with Crippen molar-refractivity contribution in [2.24, 2.45) is 16.7 Å². The number of cyclic esters (lactones) is 1. The van der Waals surface area contributed by atoms with Gasteiger partial charge in [-0.25, -0.2) is 4.79 Å². The lowest BCUT2D eigenvalue weighted by atomic mass is 9.49. The van der Waals surface area contributed by atoms with Gasteiger partial charge in [-0.3, -0.25) is 0 Å². The highest BCUT2D eigenvalue weighted by Gasteiger charge is 2.56. The molecule has 0 aromatic heterocycles. The second-order valence-electron chi connectivity index (χ2n) is 11.0. The molecule has 0 spiro atoms. The van der Waals surface area contributed by atoms with Crippen LogP contribution in [0.25, 0.3) is 0 Å². The SMILES string of the molecule is CC1=C(C/C=C2/C=COC2=O)[C@@]2(C)CC[C@H](O[C@@H]3O[C@H](CO)[C@@H](O)[C@H](O)[C@H]3O)C(C)(C)C2CC1. The van der Waals surface area contributed by atoms with Gasteiger partial charge in [0.1, 0.15) is 24.4 Å². The Morgan fingerprint density at radius 1 is 1.15 bits per heavy atom. The normalized spacial score (nSPS) is 43.2. The average Bonchev–Trinajstić information content (AvgIpc) is 3.19. The molecule has 0 bridgehead atoms. The lowest BCUT2D eigenvalue weighted by Crippen LogP contribution is -2.61. The smallest absolute Gasteiger partial charge is 0.342 e. The molecule has 4 N–H and O–H groups in total. The third-order valence-corrected chi connectivity index (χ3v) is 8.77. The lowest BCUT2D eigenvalue weighted by Gasteiger charge is -2.58. The predicted molar refractivity (Wildman–Crippen MR) is 123 cm³/mol. The molecule has 0 radical (unpaired) electrons. The molecule has 2 aliphatic carbocycles. The van der Waals surface area contributed by atoms with Crippen LogP contribution in [-0.2, 0) is 19.0 Å². The first-order chi connectivity index (χ1) is 16.0. The standard InChI is InChI=1S/C26H38O8/c1-14-5-8-18-25(2,3)19(34-24-22(30)21(29)20(28)17(13-27)33-24)9-11-26(18,4)16(14)7-6-15-10-12-32-23(15)31/h6,10,12,17-22,24,27-30H,5,7-9,11,13H2,1-4H3/b15-6-/t17-,18?,19+,20-,21+,22-,24+,26-/m1/s1. The minimum absolute atomic E-state index is 0.0651. The second-order valence-corrected chi connectivity index (χ2v) is 11.0. The van der Waals surface area contributed by atoms with E-state index in [2.05, 4.69) is 27.7 Å². The van der Waals surface area contributed by atoms with Crippen molar-refractivity contribution in [3.63, 3.8) is 0 Å².